The van der Waals surface area contributed by atoms with Gasteiger partial charge in [0.2, 0.25) is 0 Å². The highest BCUT2D eigenvalue weighted by atomic mass is 15.2. The van der Waals surface area contributed by atoms with Crippen LogP contribution in [-0.2, 0) is 13.1 Å². The zero-order valence-electron chi connectivity index (χ0n) is 15.4. The van der Waals surface area contributed by atoms with Crippen LogP contribution in [0.25, 0.3) is 10.9 Å². The van der Waals surface area contributed by atoms with Gasteiger partial charge < -0.3 is 0 Å². The van der Waals surface area contributed by atoms with Gasteiger partial charge in [0.25, 0.3) is 0 Å². The summed E-state index contributed by atoms with van der Waals surface area (Å²) in [7, 11) is 0. The molecule has 0 spiro atoms. The molecule has 4 heteroatoms. The van der Waals surface area contributed by atoms with Gasteiger partial charge in [-0.25, -0.2) is 0 Å². The number of benzene rings is 1. The Morgan fingerprint density at radius 1 is 0.741 bits per heavy atom. The van der Waals surface area contributed by atoms with Crippen molar-refractivity contribution in [3.8, 4) is 0 Å². The number of fused-ring (bicyclic) bond motifs is 1. The summed E-state index contributed by atoms with van der Waals surface area (Å²) in [6.45, 7) is 3.68. The third-order valence-corrected chi connectivity index (χ3v) is 4.78. The van der Waals surface area contributed by atoms with Crippen molar-refractivity contribution < 1.29 is 0 Å². The number of hydrogen-bond acceptors (Lipinski definition) is 4. The second kappa shape index (κ2) is 8.06. The number of pyridine rings is 3. The van der Waals surface area contributed by atoms with Crippen molar-refractivity contribution in [1.82, 2.24) is 19.9 Å². The number of para-hydroxylation sites is 1. The van der Waals surface area contributed by atoms with E-state index in [0.717, 1.165) is 41.1 Å². The standard InChI is InChI=1S/C23H22N4/c1-18(22-13-12-19-8-2-3-11-23(19)26-22)27(16-20-9-4-6-14-24-20)17-21-10-5-7-15-25-21/h2-15,18H,16-17H2,1H3/t18-/m0/s1. The molecule has 1 aromatic carbocycles. The number of rotatable bonds is 6. The molecule has 3 heterocycles. The van der Waals surface area contributed by atoms with Gasteiger partial charge in [0, 0.05) is 30.9 Å². The Kier molecular flexibility index (Phi) is 5.17. The fourth-order valence-corrected chi connectivity index (χ4v) is 3.23. The Balaban J connectivity index is 1.64. The Bertz CT molecular complexity index is 961. The zero-order chi connectivity index (χ0) is 18.5. The molecule has 0 aliphatic rings. The van der Waals surface area contributed by atoms with Crippen LogP contribution >= 0.6 is 0 Å². The van der Waals surface area contributed by atoms with Gasteiger partial charge in [0.1, 0.15) is 0 Å². The maximum atomic E-state index is 4.90. The van der Waals surface area contributed by atoms with Gasteiger partial charge in [0.05, 0.1) is 28.6 Å². The quantitative estimate of drug-likeness (QED) is 0.499. The van der Waals surface area contributed by atoms with Crippen LogP contribution in [0.2, 0.25) is 0 Å². The second-order valence-corrected chi connectivity index (χ2v) is 6.65. The second-order valence-electron chi connectivity index (χ2n) is 6.65. The van der Waals surface area contributed by atoms with Crippen LogP contribution in [0.3, 0.4) is 0 Å². The fourth-order valence-electron chi connectivity index (χ4n) is 3.23. The lowest BCUT2D eigenvalue weighted by atomic mass is 10.1. The Morgan fingerprint density at radius 2 is 1.37 bits per heavy atom. The minimum atomic E-state index is 0.138. The Morgan fingerprint density at radius 3 is 2.00 bits per heavy atom. The van der Waals surface area contributed by atoms with Gasteiger partial charge in [-0.15, -0.1) is 0 Å². The summed E-state index contributed by atoms with van der Waals surface area (Å²) in [4.78, 5) is 16.3. The average molecular weight is 354 g/mol. The summed E-state index contributed by atoms with van der Waals surface area (Å²) in [5.41, 5.74) is 4.17. The minimum Gasteiger partial charge on any atom is -0.283 e. The highest BCUT2D eigenvalue weighted by Gasteiger charge is 2.19. The molecule has 0 saturated heterocycles. The first-order chi connectivity index (χ1) is 13.3. The van der Waals surface area contributed by atoms with E-state index in [0.29, 0.717) is 0 Å². The molecule has 0 aliphatic carbocycles. The predicted molar refractivity (Wildman–Crippen MR) is 108 cm³/mol. The van der Waals surface area contributed by atoms with Crippen molar-refractivity contribution in [2.75, 3.05) is 0 Å². The lowest BCUT2D eigenvalue weighted by Gasteiger charge is -2.28. The maximum absolute atomic E-state index is 4.90. The highest BCUT2D eigenvalue weighted by Crippen LogP contribution is 2.24. The predicted octanol–water partition coefficient (Wildman–Crippen LogP) is 4.79. The molecular formula is C23H22N4. The molecule has 4 aromatic rings. The van der Waals surface area contributed by atoms with Crippen molar-refractivity contribution in [2.45, 2.75) is 26.1 Å². The average Bonchev–Trinajstić information content (AvgIpc) is 2.74. The molecule has 0 bridgehead atoms. The van der Waals surface area contributed by atoms with E-state index in [1.807, 2.05) is 48.8 Å². The van der Waals surface area contributed by atoms with Crippen molar-refractivity contribution in [1.29, 1.82) is 0 Å². The fraction of sp³-hybridized carbons (Fsp3) is 0.174. The van der Waals surface area contributed by atoms with E-state index in [2.05, 4.69) is 58.2 Å². The van der Waals surface area contributed by atoms with Gasteiger partial charge in [-0.2, -0.15) is 0 Å². The maximum Gasteiger partial charge on any atom is 0.0706 e. The van der Waals surface area contributed by atoms with Crippen LogP contribution in [0.5, 0.6) is 0 Å². The van der Waals surface area contributed by atoms with Crippen molar-refractivity contribution in [2.24, 2.45) is 0 Å². The topological polar surface area (TPSA) is 41.9 Å². The first-order valence-electron chi connectivity index (χ1n) is 9.19. The van der Waals surface area contributed by atoms with Crippen LogP contribution in [0, 0.1) is 0 Å². The third kappa shape index (κ3) is 4.18. The molecule has 4 nitrogen and oxygen atoms in total. The van der Waals surface area contributed by atoms with Crippen LogP contribution in [0.4, 0.5) is 0 Å². The lowest BCUT2D eigenvalue weighted by Crippen LogP contribution is -2.27. The molecule has 0 unspecified atom stereocenters. The van der Waals surface area contributed by atoms with E-state index < -0.39 is 0 Å². The van der Waals surface area contributed by atoms with Crippen LogP contribution < -0.4 is 0 Å². The van der Waals surface area contributed by atoms with E-state index >= 15 is 0 Å². The van der Waals surface area contributed by atoms with E-state index in [1.165, 1.54) is 0 Å². The van der Waals surface area contributed by atoms with Crippen molar-refractivity contribution in [3.05, 3.63) is 102 Å². The molecule has 0 fully saturated rings. The van der Waals surface area contributed by atoms with Gasteiger partial charge >= 0.3 is 0 Å². The summed E-state index contributed by atoms with van der Waals surface area (Å²) in [6.07, 6.45) is 3.68. The van der Waals surface area contributed by atoms with Crippen molar-refractivity contribution >= 4 is 10.9 Å². The molecule has 1 atom stereocenters. The first-order valence-corrected chi connectivity index (χ1v) is 9.19. The van der Waals surface area contributed by atoms with Gasteiger partial charge in [0.15, 0.2) is 0 Å². The van der Waals surface area contributed by atoms with E-state index in [4.69, 9.17) is 4.98 Å². The van der Waals surface area contributed by atoms with Gasteiger partial charge in [-0.05, 0) is 43.3 Å². The SMILES string of the molecule is C[C@@H](c1ccc2ccccc2n1)N(Cc1ccccn1)Cc1ccccn1. The lowest BCUT2D eigenvalue weighted by molar-refractivity contribution is 0.184. The van der Waals surface area contributed by atoms with E-state index in [-0.39, 0.29) is 6.04 Å². The van der Waals surface area contributed by atoms with Crippen molar-refractivity contribution in [3.63, 3.8) is 0 Å². The largest absolute Gasteiger partial charge is 0.283 e. The minimum absolute atomic E-state index is 0.138. The third-order valence-electron chi connectivity index (χ3n) is 4.78. The summed E-state index contributed by atoms with van der Waals surface area (Å²) in [6, 6.07) is 24.7. The summed E-state index contributed by atoms with van der Waals surface area (Å²) in [5.74, 6) is 0. The molecule has 134 valence electrons. The highest BCUT2D eigenvalue weighted by molar-refractivity contribution is 5.78. The zero-order valence-corrected chi connectivity index (χ0v) is 15.4. The molecule has 0 saturated carbocycles. The Labute approximate surface area is 159 Å². The Hall–Kier alpha value is -3.11. The molecule has 0 aliphatic heterocycles. The molecule has 3 aromatic heterocycles. The molecular weight excluding hydrogens is 332 g/mol. The van der Waals surface area contributed by atoms with Gasteiger partial charge in [-0.1, -0.05) is 36.4 Å². The molecule has 0 amide bonds. The summed E-state index contributed by atoms with van der Waals surface area (Å²) in [5, 5.41) is 1.16. The summed E-state index contributed by atoms with van der Waals surface area (Å²) < 4.78 is 0. The smallest absolute Gasteiger partial charge is 0.0706 e. The first kappa shape index (κ1) is 17.3. The van der Waals surface area contributed by atoms with E-state index in [1.54, 1.807) is 0 Å². The molecule has 4 rings (SSSR count). The van der Waals surface area contributed by atoms with E-state index in [9.17, 15) is 0 Å². The number of hydrogen-bond donors (Lipinski definition) is 0. The van der Waals surface area contributed by atoms with Crippen LogP contribution in [-0.4, -0.2) is 19.9 Å². The van der Waals surface area contributed by atoms with Crippen LogP contribution in [0.15, 0.2) is 85.2 Å². The molecule has 0 N–H and O–H groups in total. The van der Waals surface area contributed by atoms with Crippen LogP contribution in [0.1, 0.15) is 30.0 Å². The molecule has 0 radical (unpaired) electrons. The number of aromatic nitrogens is 3. The van der Waals surface area contributed by atoms with Gasteiger partial charge in [-0.3, -0.25) is 19.9 Å². The molecule has 27 heavy (non-hydrogen) atoms. The normalized spacial score (nSPS) is 12.4. The summed E-state index contributed by atoms with van der Waals surface area (Å²) >= 11 is 0. The monoisotopic (exact) mass is 354 g/mol. The number of nitrogens with zero attached hydrogens (tertiary/aromatic N) is 4.